The number of amides is 1. The van der Waals surface area contributed by atoms with E-state index >= 15 is 0 Å². The van der Waals surface area contributed by atoms with Gasteiger partial charge in [0.2, 0.25) is 5.91 Å². The van der Waals surface area contributed by atoms with Gasteiger partial charge in [-0.05, 0) is 17.2 Å². The van der Waals surface area contributed by atoms with E-state index < -0.39 is 12.2 Å². The Morgan fingerprint density at radius 2 is 1.95 bits per heavy atom. The van der Waals surface area contributed by atoms with Crippen molar-refractivity contribution < 1.29 is 19.8 Å². The monoisotopic (exact) mass is 263 g/mol. The maximum absolute atomic E-state index is 10.7. The molecule has 1 aromatic rings. The molecule has 19 heavy (non-hydrogen) atoms. The van der Waals surface area contributed by atoms with Crippen LogP contribution in [0.25, 0.3) is 6.08 Å². The van der Waals surface area contributed by atoms with Gasteiger partial charge in [-0.15, -0.1) is 0 Å². The third kappa shape index (κ3) is 5.03. The normalized spacial score (nSPS) is 14.1. The first-order chi connectivity index (χ1) is 9.04. The fourth-order valence-electron chi connectivity index (χ4n) is 1.54. The highest BCUT2D eigenvalue weighted by molar-refractivity contribution is 5.73. The number of carbonyl (C=O) groups is 2. The van der Waals surface area contributed by atoms with Gasteiger partial charge in [0, 0.05) is 13.5 Å². The number of benzene rings is 1. The van der Waals surface area contributed by atoms with Gasteiger partial charge in [0.1, 0.15) is 18.5 Å². The first kappa shape index (κ1) is 15.1. The van der Waals surface area contributed by atoms with E-state index in [0.717, 1.165) is 5.56 Å². The summed E-state index contributed by atoms with van der Waals surface area (Å²) < 4.78 is 0. The summed E-state index contributed by atoms with van der Waals surface area (Å²) in [4.78, 5) is 20.9. The van der Waals surface area contributed by atoms with Crippen molar-refractivity contribution in [2.45, 2.75) is 19.1 Å². The van der Waals surface area contributed by atoms with Crippen molar-refractivity contribution in [2.24, 2.45) is 0 Å². The van der Waals surface area contributed by atoms with E-state index in [0.29, 0.717) is 11.8 Å². The van der Waals surface area contributed by atoms with E-state index in [2.05, 4.69) is 5.32 Å². The Hall–Kier alpha value is -1.98. The Labute approximate surface area is 111 Å². The second-order valence-corrected chi connectivity index (χ2v) is 4.11. The SMILES string of the molecule is CC(=O)NCC(O)C(O)c1ccc(/C=C/C=O)cc1. The minimum atomic E-state index is -1.07. The summed E-state index contributed by atoms with van der Waals surface area (Å²) in [5.41, 5.74) is 1.36. The van der Waals surface area contributed by atoms with Crippen LogP contribution < -0.4 is 5.32 Å². The summed E-state index contributed by atoms with van der Waals surface area (Å²) in [6.45, 7) is 1.33. The minimum absolute atomic E-state index is 0.0106. The molecular weight excluding hydrogens is 246 g/mol. The Morgan fingerprint density at radius 3 is 2.47 bits per heavy atom. The molecule has 0 aliphatic rings. The molecule has 0 heterocycles. The molecule has 102 valence electrons. The van der Waals surface area contributed by atoms with Gasteiger partial charge < -0.3 is 15.5 Å². The number of aldehydes is 1. The van der Waals surface area contributed by atoms with Crippen LogP contribution in [0.5, 0.6) is 0 Å². The van der Waals surface area contributed by atoms with Crippen LogP contribution in [0.1, 0.15) is 24.2 Å². The van der Waals surface area contributed by atoms with E-state index in [1.807, 2.05) is 0 Å². The number of aliphatic hydroxyl groups excluding tert-OH is 2. The highest BCUT2D eigenvalue weighted by Crippen LogP contribution is 2.17. The van der Waals surface area contributed by atoms with E-state index in [-0.39, 0.29) is 12.5 Å². The number of allylic oxidation sites excluding steroid dienone is 1. The van der Waals surface area contributed by atoms with Crippen LogP contribution in [0.4, 0.5) is 0 Å². The molecule has 0 saturated carbocycles. The number of aliphatic hydroxyl groups is 2. The summed E-state index contributed by atoms with van der Waals surface area (Å²) in [5.74, 6) is -0.263. The maximum Gasteiger partial charge on any atom is 0.216 e. The van der Waals surface area contributed by atoms with Gasteiger partial charge in [0.25, 0.3) is 0 Å². The van der Waals surface area contributed by atoms with E-state index in [9.17, 15) is 19.8 Å². The number of hydrogen-bond acceptors (Lipinski definition) is 4. The first-order valence-corrected chi connectivity index (χ1v) is 5.87. The lowest BCUT2D eigenvalue weighted by Crippen LogP contribution is -2.34. The fourth-order valence-corrected chi connectivity index (χ4v) is 1.54. The lowest BCUT2D eigenvalue weighted by atomic mass is 10.0. The highest BCUT2D eigenvalue weighted by Gasteiger charge is 2.18. The topological polar surface area (TPSA) is 86.6 Å². The van der Waals surface area contributed by atoms with Crippen LogP contribution >= 0.6 is 0 Å². The van der Waals surface area contributed by atoms with Crippen molar-refractivity contribution in [1.82, 2.24) is 5.32 Å². The van der Waals surface area contributed by atoms with Crippen molar-refractivity contribution in [3.05, 3.63) is 41.5 Å². The van der Waals surface area contributed by atoms with Crippen LogP contribution in [-0.4, -0.2) is 35.1 Å². The van der Waals surface area contributed by atoms with Gasteiger partial charge in [-0.25, -0.2) is 0 Å². The van der Waals surface area contributed by atoms with Gasteiger partial charge in [-0.2, -0.15) is 0 Å². The van der Waals surface area contributed by atoms with E-state index in [4.69, 9.17) is 0 Å². The summed E-state index contributed by atoms with van der Waals surface area (Å²) in [7, 11) is 0. The van der Waals surface area contributed by atoms with Gasteiger partial charge >= 0.3 is 0 Å². The maximum atomic E-state index is 10.7. The molecule has 5 nitrogen and oxygen atoms in total. The second kappa shape index (κ2) is 7.45. The summed E-state index contributed by atoms with van der Waals surface area (Å²) in [6.07, 6.45) is 1.55. The Bertz CT molecular complexity index is 453. The molecule has 0 aliphatic carbocycles. The molecule has 0 aliphatic heterocycles. The molecule has 2 unspecified atom stereocenters. The molecule has 5 heteroatoms. The van der Waals surface area contributed by atoms with Crippen LogP contribution in [-0.2, 0) is 9.59 Å². The molecular formula is C14H17NO4. The number of rotatable bonds is 6. The average molecular weight is 263 g/mol. The highest BCUT2D eigenvalue weighted by atomic mass is 16.3. The van der Waals surface area contributed by atoms with Crippen molar-refractivity contribution in [3.8, 4) is 0 Å². The third-order valence-electron chi connectivity index (χ3n) is 2.57. The molecule has 0 radical (unpaired) electrons. The van der Waals surface area contributed by atoms with Crippen molar-refractivity contribution >= 4 is 18.3 Å². The van der Waals surface area contributed by atoms with E-state index in [1.54, 1.807) is 30.3 Å². The van der Waals surface area contributed by atoms with Crippen LogP contribution in [0, 0.1) is 0 Å². The average Bonchev–Trinajstić information content (AvgIpc) is 2.42. The number of carbonyl (C=O) groups excluding carboxylic acids is 2. The van der Waals surface area contributed by atoms with Gasteiger partial charge in [0.05, 0.1) is 0 Å². The molecule has 3 N–H and O–H groups in total. The van der Waals surface area contributed by atoms with Crippen molar-refractivity contribution in [1.29, 1.82) is 0 Å². The number of hydrogen-bond donors (Lipinski definition) is 3. The lowest BCUT2D eigenvalue weighted by Gasteiger charge is -2.18. The molecule has 1 amide bonds. The molecule has 0 spiro atoms. The molecule has 2 atom stereocenters. The molecule has 1 aromatic carbocycles. The second-order valence-electron chi connectivity index (χ2n) is 4.11. The summed E-state index contributed by atoms with van der Waals surface area (Å²) in [5, 5.41) is 22.0. The predicted molar refractivity (Wildman–Crippen MR) is 71.2 cm³/mol. The van der Waals surface area contributed by atoms with Gasteiger partial charge in [-0.1, -0.05) is 30.3 Å². The van der Waals surface area contributed by atoms with Gasteiger partial charge in [0.15, 0.2) is 0 Å². The zero-order valence-corrected chi connectivity index (χ0v) is 10.6. The summed E-state index contributed by atoms with van der Waals surface area (Å²) >= 11 is 0. The Morgan fingerprint density at radius 1 is 1.32 bits per heavy atom. The van der Waals surface area contributed by atoms with Crippen LogP contribution in [0.15, 0.2) is 30.3 Å². The minimum Gasteiger partial charge on any atom is -0.388 e. The first-order valence-electron chi connectivity index (χ1n) is 5.87. The molecule has 0 saturated heterocycles. The largest absolute Gasteiger partial charge is 0.388 e. The zero-order valence-electron chi connectivity index (χ0n) is 10.6. The van der Waals surface area contributed by atoms with E-state index in [1.165, 1.54) is 13.0 Å². The van der Waals surface area contributed by atoms with Crippen LogP contribution in [0.2, 0.25) is 0 Å². The Balaban J connectivity index is 2.66. The third-order valence-corrected chi connectivity index (χ3v) is 2.57. The van der Waals surface area contributed by atoms with Gasteiger partial charge in [-0.3, -0.25) is 9.59 Å². The quantitative estimate of drug-likeness (QED) is 0.513. The van der Waals surface area contributed by atoms with Crippen molar-refractivity contribution in [3.63, 3.8) is 0 Å². The molecule has 1 rings (SSSR count). The number of nitrogens with one attached hydrogen (secondary N) is 1. The Kier molecular flexibility index (Phi) is 5.92. The molecule has 0 aromatic heterocycles. The standard InChI is InChI=1S/C14H17NO4/c1-10(17)15-9-13(18)14(19)12-6-4-11(5-7-12)3-2-8-16/h2-8,13-14,18-19H,9H2,1H3,(H,15,17)/b3-2+. The fraction of sp³-hybridized carbons (Fsp3) is 0.286. The van der Waals surface area contributed by atoms with Crippen LogP contribution in [0.3, 0.4) is 0 Å². The smallest absolute Gasteiger partial charge is 0.216 e. The molecule has 0 bridgehead atoms. The molecule has 0 fully saturated rings. The zero-order chi connectivity index (χ0) is 14.3. The summed E-state index contributed by atoms with van der Waals surface area (Å²) in [6, 6.07) is 6.77. The lowest BCUT2D eigenvalue weighted by molar-refractivity contribution is -0.119. The predicted octanol–water partition coefficient (Wildman–Crippen LogP) is 0.429. The van der Waals surface area contributed by atoms with Crippen molar-refractivity contribution in [2.75, 3.05) is 6.54 Å².